The zero-order valence-electron chi connectivity index (χ0n) is 14.8. The van der Waals surface area contributed by atoms with Crippen molar-refractivity contribution in [3.05, 3.63) is 76.9 Å². The lowest BCUT2D eigenvalue weighted by Gasteiger charge is -2.24. The smallest absolute Gasteiger partial charge is 0.261 e. The minimum atomic E-state index is -0.127. The number of nitrogens with zero attached hydrogens (tertiary/aromatic N) is 1. The van der Waals surface area contributed by atoms with Gasteiger partial charge in [0.1, 0.15) is 0 Å². The van der Waals surface area contributed by atoms with Gasteiger partial charge in [-0.2, -0.15) is 0 Å². The summed E-state index contributed by atoms with van der Waals surface area (Å²) < 4.78 is 0. The van der Waals surface area contributed by atoms with Gasteiger partial charge in [-0.1, -0.05) is 42.5 Å². The fourth-order valence-corrected chi connectivity index (χ4v) is 7.19. The maximum Gasteiger partial charge on any atom is 0.261 e. The SMILES string of the molecule is O=C1c2ccccc2C(=O)N1CC1=C(c2ccccc2)C2C3CC4C(C13)C42. The first-order valence-corrected chi connectivity index (χ1v) is 9.99. The second-order valence-corrected chi connectivity index (χ2v) is 8.82. The van der Waals surface area contributed by atoms with Crippen molar-refractivity contribution in [1.29, 1.82) is 0 Å². The van der Waals surface area contributed by atoms with E-state index >= 15 is 0 Å². The summed E-state index contributed by atoms with van der Waals surface area (Å²) in [6.45, 7) is 0.476. The number of amides is 2. The Kier molecular flexibility index (Phi) is 2.44. The van der Waals surface area contributed by atoms with E-state index in [1.807, 2.05) is 12.1 Å². The standard InChI is InChI=1S/C24H19NO2/c26-23-13-8-4-5-9-14(13)24(27)25(23)11-17-18(12-6-2-1-3-7-12)20-15-10-16-21(19(15)17)22(16)20/h1-9,15-16,19-22H,10-11H2. The minimum absolute atomic E-state index is 0.127. The van der Waals surface area contributed by atoms with Crippen LogP contribution in [0.25, 0.3) is 5.57 Å². The van der Waals surface area contributed by atoms with Crippen LogP contribution in [-0.2, 0) is 0 Å². The number of fused-ring (bicyclic) bond motifs is 1. The van der Waals surface area contributed by atoms with Crippen molar-refractivity contribution in [2.45, 2.75) is 6.42 Å². The summed E-state index contributed by atoms with van der Waals surface area (Å²) in [5.41, 5.74) is 5.25. The molecule has 132 valence electrons. The minimum Gasteiger partial charge on any atom is -0.270 e. The lowest BCUT2D eigenvalue weighted by atomic mass is 9.87. The van der Waals surface area contributed by atoms with Crippen LogP contribution in [0.15, 0.2) is 60.2 Å². The first-order chi connectivity index (χ1) is 13.3. The number of rotatable bonds is 3. The lowest BCUT2D eigenvalue weighted by molar-refractivity contribution is 0.0664. The molecule has 0 radical (unpaired) electrons. The lowest BCUT2D eigenvalue weighted by Crippen LogP contribution is -2.33. The van der Waals surface area contributed by atoms with Crippen LogP contribution in [0.5, 0.6) is 0 Å². The van der Waals surface area contributed by atoms with Crippen LogP contribution < -0.4 is 0 Å². The Bertz CT molecular complexity index is 1030. The summed E-state index contributed by atoms with van der Waals surface area (Å²) in [6.07, 6.45) is 1.35. The molecule has 5 aliphatic carbocycles. The molecule has 6 unspecified atom stereocenters. The summed E-state index contributed by atoms with van der Waals surface area (Å²) in [4.78, 5) is 27.3. The number of carbonyl (C=O) groups is 2. The Hall–Kier alpha value is -2.68. The maximum atomic E-state index is 12.9. The molecule has 3 nitrogen and oxygen atoms in total. The van der Waals surface area contributed by atoms with Crippen molar-refractivity contribution in [1.82, 2.24) is 4.90 Å². The average Bonchev–Trinajstić information content (AvgIpc) is 3.10. The quantitative estimate of drug-likeness (QED) is 0.786. The molecule has 4 saturated carbocycles. The van der Waals surface area contributed by atoms with E-state index in [4.69, 9.17) is 0 Å². The second kappa shape index (κ2) is 4.59. The third-order valence-corrected chi connectivity index (χ3v) is 7.96. The first kappa shape index (κ1) is 14.4. The van der Waals surface area contributed by atoms with Gasteiger partial charge < -0.3 is 0 Å². The number of hydrogen-bond acceptors (Lipinski definition) is 2. The van der Waals surface area contributed by atoms with Gasteiger partial charge in [0.15, 0.2) is 0 Å². The Morgan fingerprint density at radius 2 is 1.41 bits per heavy atom. The highest BCUT2D eigenvalue weighted by molar-refractivity contribution is 6.21. The predicted molar refractivity (Wildman–Crippen MR) is 101 cm³/mol. The predicted octanol–water partition coefficient (Wildman–Crippen LogP) is 3.88. The molecule has 6 bridgehead atoms. The van der Waals surface area contributed by atoms with Crippen LogP contribution >= 0.6 is 0 Å². The average molecular weight is 353 g/mol. The van der Waals surface area contributed by atoms with E-state index in [2.05, 4.69) is 30.3 Å². The number of carbonyl (C=O) groups excluding carboxylic acids is 2. The summed E-state index contributed by atoms with van der Waals surface area (Å²) in [7, 11) is 0. The first-order valence-electron chi connectivity index (χ1n) is 9.99. The summed E-state index contributed by atoms with van der Waals surface area (Å²) in [5, 5.41) is 0. The van der Waals surface area contributed by atoms with Gasteiger partial charge in [0.25, 0.3) is 11.8 Å². The molecule has 0 aromatic heterocycles. The van der Waals surface area contributed by atoms with E-state index in [1.54, 1.807) is 12.1 Å². The number of hydrogen-bond donors (Lipinski definition) is 0. The summed E-state index contributed by atoms with van der Waals surface area (Å²) in [5.74, 6) is 4.38. The fourth-order valence-electron chi connectivity index (χ4n) is 7.19. The Balaban J connectivity index is 1.33. The zero-order valence-corrected chi connectivity index (χ0v) is 14.8. The van der Waals surface area contributed by atoms with E-state index in [9.17, 15) is 9.59 Å². The van der Waals surface area contributed by atoms with Gasteiger partial charge in [-0.25, -0.2) is 0 Å². The molecule has 2 aromatic carbocycles. The van der Waals surface area contributed by atoms with Crippen molar-refractivity contribution in [3.8, 4) is 0 Å². The van der Waals surface area contributed by atoms with Gasteiger partial charge in [0.05, 0.1) is 17.7 Å². The summed E-state index contributed by atoms with van der Waals surface area (Å²) >= 11 is 0. The van der Waals surface area contributed by atoms with Gasteiger partial charge in [0.2, 0.25) is 0 Å². The fraction of sp³-hybridized carbons (Fsp3) is 0.333. The van der Waals surface area contributed by atoms with Gasteiger partial charge >= 0.3 is 0 Å². The molecule has 2 amide bonds. The second-order valence-electron chi connectivity index (χ2n) is 8.82. The van der Waals surface area contributed by atoms with Gasteiger partial charge in [0, 0.05) is 0 Å². The molecular weight excluding hydrogens is 334 g/mol. The van der Waals surface area contributed by atoms with Crippen molar-refractivity contribution < 1.29 is 9.59 Å². The maximum absolute atomic E-state index is 12.9. The molecule has 0 N–H and O–H groups in total. The van der Waals surface area contributed by atoms with E-state index in [0.717, 1.165) is 23.7 Å². The number of imide groups is 1. The third kappa shape index (κ3) is 1.56. The Morgan fingerprint density at radius 3 is 2.07 bits per heavy atom. The van der Waals surface area contributed by atoms with E-state index < -0.39 is 0 Å². The molecule has 6 atom stereocenters. The summed E-state index contributed by atoms with van der Waals surface area (Å²) in [6, 6.07) is 17.9. The molecule has 6 aliphatic rings. The molecule has 4 fully saturated rings. The Morgan fingerprint density at radius 1 is 0.778 bits per heavy atom. The van der Waals surface area contributed by atoms with E-state index in [-0.39, 0.29) is 11.8 Å². The molecule has 0 saturated heterocycles. The van der Waals surface area contributed by atoms with Crippen LogP contribution in [0, 0.1) is 35.5 Å². The van der Waals surface area contributed by atoms with Crippen molar-refractivity contribution in [2.24, 2.45) is 35.5 Å². The van der Waals surface area contributed by atoms with Crippen LogP contribution in [0.2, 0.25) is 0 Å². The highest BCUT2D eigenvalue weighted by Crippen LogP contribution is 2.83. The number of benzene rings is 2. The number of allylic oxidation sites excluding steroid dienone is 1. The van der Waals surface area contributed by atoms with Crippen molar-refractivity contribution >= 4 is 17.4 Å². The molecule has 1 aliphatic heterocycles. The van der Waals surface area contributed by atoms with Crippen molar-refractivity contribution in [3.63, 3.8) is 0 Å². The molecule has 1 heterocycles. The largest absolute Gasteiger partial charge is 0.270 e. The molecule has 3 heteroatoms. The molecule has 0 spiro atoms. The highest BCUT2D eigenvalue weighted by atomic mass is 16.2. The van der Waals surface area contributed by atoms with E-state index in [1.165, 1.54) is 28.0 Å². The molecule has 27 heavy (non-hydrogen) atoms. The normalized spacial score (nSPS) is 36.8. The van der Waals surface area contributed by atoms with Gasteiger partial charge in [-0.15, -0.1) is 0 Å². The topological polar surface area (TPSA) is 37.4 Å². The van der Waals surface area contributed by atoms with Crippen LogP contribution in [0.3, 0.4) is 0 Å². The van der Waals surface area contributed by atoms with E-state index in [0.29, 0.717) is 29.5 Å². The third-order valence-electron chi connectivity index (χ3n) is 7.96. The monoisotopic (exact) mass is 353 g/mol. The highest BCUT2D eigenvalue weighted by Gasteiger charge is 2.77. The van der Waals surface area contributed by atoms with Crippen LogP contribution in [-0.4, -0.2) is 23.3 Å². The zero-order chi connectivity index (χ0) is 17.9. The molecule has 2 aromatic rings. The Labute approximate surface area is 157 Å². The van der Waals surface area contributed by atoms with Crippen LogP contribution in [0.4, 0.5) is 0 Å². The molecular formula is C24H19NO2. The molecule has 8 rings (SSSR count). The van der Waals surface area contributed by atoms with Gasteiger partial charge in [-0.3, -0.25) is 14.5 Å². The van der Waals surface area contributed by atoms with Crippen LogP contribution in [0.1, 0.15) is 32.7 Å². The van der Waals surface area contributed by atoms with Crippen molar-refractivity contribution in [2.75, 3.05) is 6.54 Å². The van der Waals surface area contributed by atoms with Gasteiger partial charge in [-0.05, 0) is 70.8 Å².